The molecule has 0 radical (unpaired) electrons. The number of aromatic nitrogens is 3. The lowest BCUT2D eigenvalue weighted by Crippen LogP contribution is -2.41. The summed E-state index contributed by atoms with van der Waals surface area (Å²) in [5.74, 6) is 0.282. The molecule has 49 heavy (non-hydrogen) atoms. The average Bonchev–Trinajstić information content (AvgIpc) is 3.60. The molecule has 2 aromatic heterocycles. The molecule has 5 aromatic rings. The Balaban J connectivity index is 0.000000710. The average molecular weight is 705 g/mol. The molecule has 0 saturated carbocycles. The second-order valence-corrected chi connectivity index (χ2v) is 15.9. The normalized spacial score (nSPS) is 13.9. The van der Waals surface area contributed by atoms with Gasteiger partial charge >= 0.3 is 6.09 Å². The van der Waals surface area contributed by atoms with Crippen molar-refractivity contribution in [1.29, 1.82) is 0 Å². The van der Waals surface area contributed by atoms with Crippen molar-refractivity contribution in [3.8, 4) is 21.7 Å². The van der Waals surface area contributed by atoms with Crippen molar-refractivity contribution in [1.82, 2.24) is 19.7 Å². The lowest BCUT2D eigenvalue weighted by molar-refractivity contribution is -0.0980. The number of halogens is 1. The van der Waals surface area contributed by atoms with E-state index >= 15 is 0 Å². The number of benzene rings is 3. The third kappa shape index (κ3) is 9.26. The van der Waals surface area contributed by atoms with E-state index in [1.54, 1.807) is 32.1 Å². The molecular weight excluding hydrogens is 656 g/mol. The number of aliphatic hydroxyl groups is 1. The molecule has 6 rings (SSSR count). The molecule has 1 aliphatic heterocycles. The first-order valence-electron chi connectivity index (χ1n) is 16.7. The number of ether oxygens (including phenoxy) is 1. The van der Waals surface area contributed by atoms with Crippen LogP contribution in [0.15, 0.2) is 48.5 Å². The summed E-state index contributed by atoms with van der Waals surface area (Å²) < 4.78 is 8.78. The third-order valence-electron chi connectivity index (χ3n) is 8.16. The van der Waals surface area contributed by atoms with Crippen molar-refractivity contribution in [2.45, 2.75) is 91.8 Å². The van der Waals surface area contributed by atoms with Gasteiger partial charge < -0.3 is 19.5 Å². The highest BCUT2D eigenvalue weighted by Gasteiger charge is 2.30. The molecule has 0 unspecified atom stereocenters. The Labute approximate surface area is 299 Å². The molecule has 0 bridgehead atoms. The molecule has 0 aliphatic carbocycles. The quantitative estimate of drug-likeness (QED) is 0.200. The zero-order chi connectivity index (χ0) is 36.3. The summed E-state index contributed by atoms with van der Waals surface area (Å²) in [5.41, 5.74) is 8.38. The van der Waals surface area contributed by atoms with Crippen LogP contribution in [0.25, 0.3) is 42.8 Å². The van der Waals surface area contributed by atoms with E-state index in [2.05, 4.69) is 50.2 Å². The van der Waals surface area contributed by atoms with Crippen LogP contribution in [0.1, 0.15) is 84.0 Å². The minimum absolute atomic E-state index is 0.232. The number of thiazole rings is 1. The van der Waals surface area contributed by atoms with E-state index in [0.717, 1.165) is 57.0 Å². The molecule has 3 heterocycles. The fraction of sp³-hybridized carbons (Fsp3) is 0.436. The Morgan fingerprint density at radius 1 is 1.02 bits per heavy atom. The van der Waals surface area contributed by atoms with Crippen molar-refractivity contribution in [3.63, 3.8) is 0 Å². The molecule has 1 N–H and O–H groups in total. The fourth-order valence-electron chi connectivity index (χ4n) is 6.13. The van der Waals surface area contributed by atoms with E-state index in [1.807, 2.05) is 56.3 Å². The number of fused-ring (bicyclic) bond motifs is 2. The highest BCUT2D eigenvalue weighted by atomic mass is 35.5. The second-order valence-electron chi connectivity index (χ2n) is 14.4. The molecule has 1 fully saturated rings. The van der Waals surface area contributed by atoms with E-state index < -0.39 is 11.2 Å². The summed E-state index contributed by atoms with van der Waals surface area (Å²) in [7, 11) is 2.01. The van der Waals surface area contributed by atoms with Crippen LogP contribution in [0.3, 0.4) is 0 Å². The zero-order valence-electron chi connectivity index (χ0n) is 30.2. The summed E-state index contributed by atoms with van der Waals surface area (Å²) in [6.07, 6.45) is 2.44. The number of carbonyl (C=O) groups is 2. The summed E-state index contributed by atoms with van der Waals surface area (Å²) in [6.45, 7) is 18.7. The van der Waals surface area contributed by atoms with Crippen LogP contribution in [-0.2, 0) is 23.0 Å². The number of hydrogen-bond acceptors (Lipinski definition) is 7. The summed E-state index contributed by atoms with van der Waals surface area (Å²) in [5, 5.41) is 16.4. The molecule has 1 amide bonds. The first-order chi connectivity index (χ1) is 23.0. The van der Waals surface area contributed by atoms with Crippen LogP contribution in [0, 0.1) is 6.92 Å². The first-order valence-corrected chi connectivity index (χ1v) is 17.9. The van der Waals surface area contributed by atoms with E-state index in [4.69, 9.17) is 36.3 Å². The van der Waals surface area contributed by atoms with Gasteiger partial charge in [-0.1, -0.05) is 30.7 Å². The number of hydrogen-bond donors (Lipinski definition) is 1. The lowest BCUT2D eigenvalue weighted by atomic mass is 9.91. The summed E-state index contributed by atoms with van der Waals surface area (Å²) in [6, 6.07) is 16.9. The zero-order valence-corrected chi connectivity index (χ0v) is 31.8. The Kier molecular flexibility index (Phi) is 11.9. The molecule has 0 atom stereocenters. The van der Waals surface area contributed by atoms with Crippen molar-refractivity contribution < 1.29 is 19.4 Å². The smallest absolute Gasteiger partial charge is 0.410 e. The maximum absolute atomic E-state index is 12.6. The molecule has 1 saturated heterocycles. The molecule has 3 aromatic carbocycles. The summed E-state index contributed by atoms with van der Waals surface area (Å²) in [4.78, 5) is 27.6. The minimum Gasteiger partial charge on any atom is -0.444 e. The number of aryl methyl sites for hydroxylation is 2. The molecule has 262 valence electrons. The van der Waals surface area contributed by atoms with Gasteiger partial charge in [-0.15, -0.1) is 11.3 Å². The number of nitrogens with zero attached hydrogens (tertiary/aromatic N) is 4. The number of rotatable bonds is 4. The van der Waals surface area contributed by atoms with Gasteiger partial charge in [-0.3, -0.25) is 4.68 Å². The van der Waals surface area contributed by atoms with Crippen LogP contribution in [0.2, 0.25) is 5.02 Å². The van der Waals surface area contributed by atoms with Gasteiger partial charge in [0.1, 0.15) is 17.4 Å². The standard InChI is InChI=1S/C34H37ClN4O2S.C4H10O.CH2O/c1-7-25-20(2)18-27-31(29(25)21-8-11-24(35)12-9-21)42-32(36-27)23-10-13-28-26(19-23)30(37-38(28)6)22-14-16-39(17-15-22)33(40)41-34(3,4)5;1-4(2,3)5;1-2/h8-13,18-19,22H,7,14-17H2,1-6H3;5H,1-3H3;1H2. The van der Waals surface area contributed by atoms with Crippen LogP contribution < -0.4 is 0 Å². The van der Waals surface area contributed by atoms with Gasteiger partial charge in [0.15, 0.2) is 0 Å². The Morgan fingerprint density at radius 3 is 2.18 bits per heavy atom. The van der Waals surface area contributed by atoms with Crippen LogP contribution in [0.5, 0.6) is 0 Å². The van der Waals surface area contributed by atoms with E-state index in [0.29, 0.717) is 13.1 Å². The van der Waals surface area contributed by atoms with Crippen molar-refractivity contribution in [2.75, 3.05) is 13.1 Å². The van der Waals surface area contributed by atoms with Crippen molar-refractivity contribution >= 4 is 56.9 Å². The Morgan fingerprint density at radius 2 is 1.61 bits per heavy atom. The van der Waals surface area contributed by atoms with Crippen LogP contribution in [0.4, 0.5) is 4.79 Å². The van der Waals surface area contributed by atoms with E-state index in [9.17, 15) is 4.79 Å². The number of piperidine rings is 1. The minimum atomic E-state index is -0.500. The predicted octanol–water partition coefficient (Wildman–Crippen LogP) is 9.75. The first kappa shape index (κ1) is 38.0. The van der Waals surface area contributed by atoms with Crippen molar-refractivity contribution in [2.24, 2.45) is 7.05 Å². The van der Waals surface area contributed by atoms with Gasteiger partial charge in [0.25, 0.3) is 0 Å². The monoisotopic (exact) mass is 704 g/mol. The SMILES string of the molecule is C=O.CC(C)(C)O.CCc1c(C)cc2nc(-c3ccc4c(c3)c(C3CCN(C(=O)OC(C)(C)C)CC3)nn4C)sc2c1-c1ccc(Cl)cc1. The van der Waals surface area contributed by atoms with Crippen LogP contribution >= 0.6 is 22.9 Å². The molecule has 1 aliphatic rings. The maximum atomic E-state index is 12.6. The fourth-order valence-corrected chi connectivity index (χ4v) is 7.39. The van der Waals surface area contributed by atoms with Crippen molar-refractivity contribution in [3.05, 3.63) is 70.4 Å². The van der Waals surface area contributed by atoms with Gasteiger partial charge in [-0.05, 0) is 121 Å². The number of amides is 1. The van der Waals surface area contributed by atoms with Gasteiger partial charge in [-0.25, -0.2) is 9.78 Å². The number of carbonyl (C=O) groups excluding carboxylic acids is 2. The third-order valence-corrected chi connectivity index (χ3v) is 9.55. The Bertz CT molecular complexity index is 1900. The van der Waals surface area contributed by atoms with Gasteiger partial charge in [0.2, 0.25) is 0 Å². The molecule has 10 heteroatoms. The van der Waals surface area contributed by atoms with Gasteiger partial charge in [-0.2, -0.15) is 5.10 Å². The molecule has 8 nitrogen and oxygen atoms in total. The second kappa shape index (κ2) is 15.4. The highest BCUT2D eigenvalue weighted by Crippen LogP contribution is 2.42. The van der Waals surface area contributed by atoms with E-state index in [1.165, 1.54) is 27.0 Å². The molecule has 0 spiro atoms. The van der Waals surface area contributed by atoms with Gasteiger partial charge in [0.05, 0.1) is 27.0 Å². The maximum Gasteiger partial charge on any atom is 0.410 e. The highest BCUT2D eigenvalue weighted by molar-refractivity contribution is 7.22. The van der Waals surface area contributed by atoms with E-state index in [-0.39, 0.29) is 12.0 Å². The number of likely N-dealkylation sites (tertiary alicyclic amines) is 1. The van der Waals surface area contributed by atoms with Crippen LogP contribution in [-0.4, -0.2) is 61.9 Å². The van der Waals surface area contributed by atoms with Gasteiger partial charge in [0, 0.05) is 47.6 Å². The Hall–Kier alpha value is -3.79. The summed E-state index contributed by atoms with van der Waals surface area (Å²) >= 11 is 7.98. The molecular formula is C39H49ClN4O4S. The lowest BCUT2D eigenvalue weighted by Gasteiger charge is -2.33. The predicted molar refractivity (Wildman–Crippen MR) is 203 cm³/mol. The topological polar surface area (TPSA) is 97.6 Å². The largest absolute Gasteiger partial charge is 0.444 e.